The molecule has 7 nitrogen and oxygen atoms in total. The lowest BCUT2D eigenvalue weighted by Gasteiger charge is -2.13. The van der Waals surface area contributed by atoms with Gasteiger partial charge in [0, 0.05) is 36.3 Å². The third-order valence-electron chi connectivity index (χ3n) is 3.98. The molecule has 0 aromatic heterocycles. The molecule has 0 atom stereocenters. The van der Waals surface area contributed by atoms with E-state index in [9.17, 15) is 19.2 Å². The van der Waals surface area contributed by atoms with Crippen LogP contribution in [0.25, 0.3) is 0 Å². The van der Waals surface area contributed by atoms with E-state index in [1.807, 2.05) is 0 Å². The highest BCUT2D eigenvalue weighted by Crippen LogP contribution is 2.26. The second-order valence-corrected chi connectivity index (χ2v) is 6.44. The number of amides is 4. The Hall–Kier alpha value is -3.19. The van der Waals surface area contributed by atoms with Gasteiger partial charge in [-0.1, -0.05) is 11.6 Å². The fourth-order valence-electron chi connectivity index (χ4n) is 2.74. The van der Waals surface area contributed by atoms with Crippen molar-refractivity contribution in [2.75, 3.05) is 17.2 Å². The zero-order valence-corrected chi connectivity index (χ0v) is 15.2. The summed E-state index contributed by atoms with van der Waals surface area (Å²) >= 11 is 5.87. The summed E-state index contributed by atoms with van der Waals surface area (Å²) in [6, 6.07) is 11.1. The standard InChI is InChI=1S/C19H16ClN3O4/c1-11(24)21-13-3-5-14(6-4-13)22-17(25)8-9-23-18(26)15-7-2-12(20)10-16(15)19(23)27/h2-7,10H,8-9H2,1H3,(H,21,24)(H,22,25). The number of nitrogens with zero attached hydrogens (tertiary/aromatic N) is 1. The molecule has 0 saturated carbocycles. The first-order chi connectivity index (χ1) is 12.8. The number of nitrogens with one attached hydrogen (secondary N) is 2. The minimum atomic E-state index is -0.454. The molecular formula is C19H16ClN3O4. The largest absolute Gasteiger partial charge is 0.326 e. The maximum Gasteiger partial charge on any atom is 0.261 e. The molecule has 0 fully saturated rings. The average Bonchev–Trinajstić information content (AvgIpc) is 2.85. The van der Waals surface area contributed by atoms with Crippen molar-refractivity contribution in [3.8, 4) is 0 Å². The van der Waals surface area contributed by atoms with Crippen LogP contribution in [-0.2, 0) is 9.59 Å². The first kappa shape index (κ1) is 18.6. The molecule has 8 heteroatoms. The maximum atomic E-state index is 12.3. The number of rotatable bonds is 5. The van der Waals surface area contributed by atoms with Gasteiger partial charge >= 0.3 is 0 Å². The molecule has 3 rings (SSSR count). The fraction of sp³-hybridized carbons (Fsp3) is 0.158. The van der Waals surface area contributed by atoms with E-state index in [1.54, 1.807) is 30.3 Å². The molecule has 2 aromatic rings. The topological polar surface area (TPSA) is 95.6 Å². The summed E-state index contributed by atoms with van der Waals surface area (Å²) in [6.45, 7) is 1.38. The molecule has 4 amide bonds. The van der Waals surface area contributed by atoms with Crippen LogP contribution in [0.2, 0.25) is 5.02 Å². The highest BCUT2D eigenvalue weighted by Gasteiger charge is 2.35. The van der Waals surface area contributed by atoms with Crippen LogP contribution in [0.4, 0.5) is 11.4 Å². The molecule has 1 aliphatic rings. The lowest BCUT2D eigenvalue weighted by atomic mass is 10.1. The Morgan fingerprint density at radius 3 is 2.15 bits per heavy atom. The van der Waals surface area contributed by atoms with Crippen LogP contribution < -0.4 is 10.6 Å². The van der Waals surface area contributed by atoms with Gasteiger partial charge in [-0.15, -0.1) is 0 Å². The Morgan fingerprint density at radius 1 is 0.926 bits per heavy atom. The molecule has 138 valence electrons. The summed E-state index contributed by atoms with van der Waals surface area (Å²) in [5.74, 6) is -1.41. The van der Waals surface area contributed by atoms with Crippen molar-refractivity contribution < 1.29 is 19.2 Å². The lowest BCUT2D eigenvalue weighted by Crippen LogP contribution is -2.32. The molecule has 0 aliphatic carbocycles. The van der Waals surface area contributed by atoms with Gasteiger partial charge in [0.25, 0.3) is 11.8 Å². The number of anilines is 2. The van der Waals surface area contributed by atoms with Crippen LogP contribution in [0.1, 0.15) is 34.1 Å². The van der Waals surface area contributed by atoms with Gasteiger partial charge in [0.15, 0.2) is 0 Å². The Balaban J connectivity index is 1.57. The summed E-state index contributed by atoms with van der Waals surface area (Å²) in [5, 5.41) is 5.68. The fourth-order valence-corrected chi connectivity index (χ4v) is 2.92. The highest BCUT2D eigenvalue weighted by atomic mass is 35.5. The minimum absolute atomic E-state index is 0.0280. The van der Waals surface area contributed by atoms with Gasteiger partial charge in [-0.25, -0.2) is 0 Å². The molecule has 2 aromatic carbocycles. The van der Waals surface area contributed by atoms with Crippen LogP contribution in [-0.4, -0.2) is 35.1 Å². The molecule has 0 saturated heterocycles. The van der Waals surface area contributed by atoms with Gasteiger partial charge in [-0.3, -0.25) is 24.1 Å². The number of halogens is 1. The number of carbonyl (C=O) groups excluding carboxylic acids is 4. The van der Waals surface area contributed by atoms with E-state index in [0.29, 0.717) is 22.0 Å². The quantitative estimate of drug-likeness (QED) is 0.773. The number of fused-ring (bicyclic) bond motifs is 1. The molecule has 0 unspecified atom stereocenters. The van der Waals surface area contributed by atoms with Gasteiger partial charge in [0.05, 0.1) is 11.1 Å². The first-order valence-corrected chi connectivity index (χ1v) is 8.56. The lowest BCUT2D eigenvalue weighted by molar-refractivity contribution is -0.116. The van der Waals surface area contributed by atoms with E-state index in [2.05, 4.69) is 10.6 Å². The second-order valence-electron chi connectivity index (χ2n) is 6.01. The highest BCUT2D eigenvalue weighted by molar-refractivity contribution is 6.32. The van der Waals surface area contributed by atoms with Crippen molar-refractivity contribution in [3.63, 3.8) is 0 Å². The van der Waals surface area contributed by atoms with Crippen LogP contribution in [0, 0.1) is 0 Å². The molecular weight excluding hydrogens is 370 g/mol. The number of imide groups is 1. The van der Waals surface area contributed by atoms with Crippen molar-refractivity contribution in [3.05, 3.63) is 58.6 Å². The molecule has 1 heterocycles. The van der Waals surface area contributed by atoms with Crippen molar-refractivity contribution in [2.45, 2.75) is 13.3 Å². The smallest absolute Gasteiger partial charge is 0.261 e. The molecule has 2 N–H and O–H groups in total. The van der Waals surface area contributed by atoms with E-state index in [-0.39, 0.29) is 30.3 Å². The van der Waals surface area contributed by atoms with E-state index < -0.39 is 11.8 Å². The van der Waals surface area contributed by atoms with Crippen molar-refractivity contribution in [1.82, 2.24) is 4.90 Å². The summed E-state index contributed by atoms with van der Waals surface area (Å²) < 4.78 is 0. The predicted octanol–water partition coefficient (Wildman–Crippen LogP) is 2.92. The minimum Gasteiger partial charge on any atom is -0.326 e. The van der Waals surface area contributed by atoms with Gasteiger partial charge in [0.2, 0.25) is 11.8 Å². The molecule has 27 heavy (non-hydrogen) atoms. The maximum absolute atomic E-state index is 12.3. The van der Waals surface area contributed by atoms with Gasteiger partial charge in [-0.2, -0.15) is 0 Å². The number of benzene rings is 2. The van der Waals surface area contributed by atoms with Gasteiger partial charge < -0.3 is 10.6 Å². The molecule has 0 spiro atoms. The van der Waals surface area contributed by atoms with Crippen molar-refractivity contribution in [1.29, 1.82) is 0 Å². The average molecular weight is 386 g/mol. The SMILES string of the molecule is CC(=O)Nc1ccc(NC(=O)CCN2C(=O)c3ccc(Cl)cc3C2=O)cc1. The zero-order chi connectivity index (χ0) is 19.6. The Morgan fingerprint density at radius 2 is 1.52 bits per heavy atom. The Kier molecular flexibility index (Phi) is 5.23. The Bertz CT molecular complexity index is 940. The van der Waals surface area contributed by atoms with Gasteiger partial charge in [0.1, 0.15) is 0 Å². The third-order valence-corrected chi connectivity index (χ3v) is 4.22. The number of hydrogen-bond donors (Lipinski definition) is 2. The predicted molar refractivity (Wildman–Crippen MR) is 101 cm³/mol. The van der Waals surface area contributed by atoms with Crippen LogP contribution in [0.15, 0.2) is 42.5 Å². The van der Waals surface area contributed by atoms with Crippen LogP contribution in [0.3, 0.4) is 0 Å². The first-order valence-electron chi connectivity index (χ1n) is 8.18. The van der Waals surface area contributed by atoms with Crippen LogP contribution in [0.5, 0.6) is 0 Å². The number of carbonyl (C=O) groups is 4. The van der Waals surface area contributed by atoms with Crippen molar-refractivity contribution >= 4 is 46.6 Å². The third kappa shape index (κ3) is 4.15. The second kappa shape index (κ2) is 7.59. The summed E-state index contributed by atoms with van der Waals surface area (Å²) in [7, 11) is 0. The van der Waals surface area contributed by atoms with Gasteiger partial charge in [-0.05, 0) is 42.5 Å². The molecule has 1 aliphatic heterocycles. The van der Waals surface area contributed by atoms with E-state index in [4.69, 9.17) is 11.6 Å². The molecule has 0 bridgehead atoms. The monoisotopic (exact) mass is 385 g/mol. The summed E-state index contributed by atoms with van der Waals surface area (Å²) in [6.07, 6.45) is -0.0351. The number of hydrogen-bond acceptors (Lipinski definition) is 4. The van der Waals surface area contributed by atoms with E-state index >= 15 is 0 Å². The summed E-state index contributed by atoms with van der Waals surface area (Å²) in [5.41, 5.74) is 1.70. The normalized spacial score (nSPS) is 12.7. The molecule has 0 radical (unpaired) electrons. The van der Waals surface area contributed by atoms with Crippen LogP contribution >= 0.6 is 11.6 Å². The van der Waals surface area contributed by atoms with E-state index in [1.165, 1.54) is 19.1 Å². The van der Waals surface area contributed by atoms with Crippen molar-refractivity contribution in [2.24, 2.45) is 0 Å². The summed E-state index contributed by atoms with van der Waals surface area (Å²) in [4.78, 5) is 48.8. The van der Waals surface area contributed by atoms with E-state index in [0.717, 1.165) is 4.90 Å². The Labute approximate surface area is 160 Å². The zero-order valence-electron chi connectivity index (χ0n) is 14.4.